The third kappa shape index (κ3) is 4.05. The zero-order valence-electron chi connectivity index (χ0n) is 18.3. The summed E-state index contributed by atoms with van der Waals surface area (Å²) in [7, 11) is 3.03. The molecule has 3 aromatic carbocycles. The number of aliphatic hydroxyl groups is 1. The number of aliphatic hydroxyl groups excluding tert-OH is 1. The molecule has 0 saturated carbocycles. The number of ether oxygens (including phenoxy) is 2. The summed E-state index contributed by atoms with van der Waals surface area (Å²) in [6.07, 6.45) is 0. The lowest BCUT2D eigenvalue weighted by Crippen LogP contribution is -2.29. The van der Waals surface area contributed by atoms with Crippen molar-refractivity contribution in [1.29, 1.82) is 0 Å². The third-order valence-electron chi connectivity index (χ3n) is 5.58. The van der Waals surface area contributed by atoms with Gasteiger partial charge in [0.25, 0.3) is 11.7 Å². The van der Waals surface area contributed by atoms with Crippen LogP contribution in [0.1, 0.15) is 22.7 Å². The highest BCUT2D eigenvalue weighted by atomic mass is 35.5. The Balaban J connectivity index is 1.93. The molecule has 1 aliphatic heterocycles. The van der Waals surface area contributed by atoms with Crippen molar-refractivity contribution in [3.63, 3.8) is 0 Å². The van der Waals surface area contributed by atoms with Crippen LogP contribution in [-0.4, -0.2) is 31.0 Å². The number of rotatable bonds is 5. The number of hydrogen-bond acceptors (Lipinski definition) is 5. The van der Waals surface area contributed by atoms with Crippen molar-refractivity contribution in [1.82, 2.24) is 0 Å². The van der Waals surface area contributed by atoms with Gasteiger partial charge in [-0.2, -0.15) is 0 Å². The van der Waals surface area contributed by atoms with E-state index < -0.39 is 17.7 Å². The highest BCUT2D eigenvalue weighted by Crippen LogP contribution is 2.43. The first-order valence-corrected chi connectivity index (χ1v) is 10.6. The quantitative estimate of drug-likeness (QED) is 0.316. The summed E-state index contributed by atoms with van der Waals surface area (Å²) in [4.78, 5) is 27.8. The summed E-state index contributed by atoms with van der Waals surface area (Å²) in [5.74, 6) is -0.735. The molecular weight excluding hydrogens is 442 g/mol. The highest BCUT2D eigenvalue weighted by molar-refractivity contribution is 6.51. The van der Waals surface area contributed by atoms with Crippen molar-refractivity contribution >= 4 is 34.7 Å². The molecular formula is C26H22ClNO5. The molecule has 1 atom stereocenters. The van der Waals surface area contributed by atoms with Gasteiger partial charge < -0.3 is 14.6 Å². The number of methoxy groups -OCH3 is 2. The van der Waals surface area contributed by atoms with Gasteiger partial charge in [0.2, 0.25) is 0 Å². The van der Waals surface area contributed by atoms with Crippen molar-refractivity contribution in [2.24, 2.45) is 0 Å². The average molecular weight is 464 g/mol. The first kappa shape index (κ1) is 22.4. The summed E-state index contributed by atoms with van der Waals surface area (Å²) in [6, 6.07) is 18.1. The van der Waals surface area contributed by atoms with Gasteiger partial charge in [-0.25, -0.2) is 0 Å². The average Bonchev–Trinajstić information content (AvgIpc) is 3.09. The minimum atomic E-state index is -0.837. The van der Waals surface area contributed by atoms with Crippen LogP contribution in [0.3, 0.4) is 0 Å². The lowest BCUT2D eigenvalue weighted by molar-refractivity contribution is -0.132. The normalized spacial score (nSPS) is 17.3. The second-order valence-corrected chi connectivity index (χ2v) is 8.04. The molecule has 0 aromatic heterocycles. The van der Waals surface area contributed by atoms with Crippen LogP contribution in [0, 0.1) is 6.92 Å². The van der Waals surface area contributed by atoms with Gasteiger partial charge in [0.15, 0.2) is 0 Å². The molecule has 1 unspecified atom stereocenters. The van der Waals surface area contributed by atoms with Gasteiger partial charge in [-0.05, 0) is 55.0 Å². The number of carbonyl (C=O) groups excluding carboxylic acids is 2. The SMILES string of the molecule is COc1ccc(/C(O)=C2\C(=O)C(=O)N(c3ccc(OC)c(Cl)c3)C2c2cccc(C)c2)cc1. The van der Waals surface area contributed by atoms with E-state index in [-0.39, 0.29) is 11.3 Å². The summed E-state index contributed by atoms with van der Waals surface area (Å²) in [5.41, 5.74) is 2.47. The Morgan fingerprint density at radius 1 is 0.970 bits per heavy atom. The zero-order valence-corrected chi connectivity index (χ0v) is 19.1. The Kier molecular flexibility index (Phi) is 6.11. The number of amides is 1. The van der Waals surface area contributed by atoms with Gasteiger partial charge >= 0.3 is 0 Å². The fraction of sp³-hybridized carbons (Fsp3) is 0.154. The zero-order chi connectivity index (χ0) is 23.7. The molecule has 1 heterocycles. The van der Waals surface area contributed by atoms with Gasteiger partial charge in [0.1, 0.15) is 17.3 Å². The number of aryl methyl sites for hydroxylation is 1. The molecule has 1 fully saturated rings. The van der Waals surface area contributed by atoms with Crippen LogP contribution in [-0.2, 0) is 9.59 Å². The van der Waals surface area contributed by atoms with E-state index in [2.05, 4.69) is 0 Å². The van der Waals surface area contributed by atoms with Crippen LogP contribution in [0.2, 0.25) is 5.02 Å². The maximum atomic E-state index is 13.2. The molecule has 1 aliphatic rings. The van der Waals surface area contributed by atoms with Crippen molar-refractivity contribution in [3.05, 3.63) is 94.0 Å². The van der Waals surface area contributed by atoms with E-state index >= 15 is 0 Å². The first-order valence-electron chi connectivity index (χ1n) is 10.2. The van der Waals surface area contributed by atoms with Crippen LogP contribution in [0.5, 0.6) is 11.5 Å². The van der Waals surface area contributed by atoms with Gasteiger partial charge in [0.05, 0.1) is 30.9 Å². The number of halogens is 1. The van der Waals surface area contributed by atoms with Crippen molar-refractivity contribution < 1.29 is 24.2 Å². The molecule has 0 radical (unpaired) electrons. The number of hydrogen-bond donors (Lipinski definition) is 1. The third-order valence-corrected chi connectivity index (χ3v) is 5.87. The standard InChI is InChI=1S/C26H22ClNO5/c1-15-5-4-6-17(13-15)23-22(24(29)16-7-10-19(32-2)11-8-16)25(30)26(31)28(23)18-9-12-21(33-3)20(27)14-18/h4-14,23,29H,1-3H3/b24-22+. The second kappa shape index (κ2) is 9.00. The summed E-state index contributed by atoms with van der Waals surface area (Å²) < 4.78 is 10.4. The van der Waals surface area contributed by atoms with Gasteiger partial charge in [-0.15, -0.1) is 0 Å². The monoisotopic (exact) mass is 463 g/mol. The Labute approximate surface area is 196 Å². The molecule has 4 rings (SSSR count). The van der Waals surface area contributed by atoms with E-state index in [1.54, 1.807) is 42.5 Å². The van der Waals surface area contributed by atoms with Gasteiger partial charge in [-0.1, -0.05) is 41.4 Å². The van der Waals surface area contributed by atoms with Crippen LogP contribution >= 0.6 is 11.6 Å². The number of anilines is 1. The predicted molar refractivity (Wildman–Crippen MR) is 127 cm³/mol. The van der Waals surface area contributed by atoms with Crippen LogP contribution in [0.4, 0.5) is 5.69 Å². The summed E-state index contributed by atoms with van der Waals surface area (Å²) in [5, 5.41) is 11.5. The van der Waals surface area contributed by atoms with Crippen molar-refractivity contribution in [2.45, 2.75) is 13.0 Å². The second-order valence-electron chi connectivity index (χ2n) is 7.63. The fourth-order valence-electron chi connectivity index (χ4n) is 3.96. The van der Waals surface area contributed by atoms with Crippen LogP contribution < -0.4 is 14.4 Å². The molecule has 1 N–H and O–H groups in total. The minimum absolute atomic E-state index is 0.00251. The van der Waals surface area contributed by atoms with E-state index in [0.29, 0.717) is 33.3 Å². The van der Waals surface area contributed by atoms with E-state index in [4.69, 9.17) is 21.1 Å². The molecule has 0 bridgehead atoms. The molecule has 168 valence electrons. The van der Waals surface area contributed by atoms with E-state index in [9.17, 15) is 14.7 Å². The predicted octanol–water partition coefficient (Wildman–Crippen LogP) is 5.29. The van der Waals surface area contributed by atoms with Crippen molar-refractivity contribution in [3.8, 4) is 11.5 Å². The number of benzene rings is 3. The molecule has 33 heavy (non-hydrogen) atoms. The Bertz CT molecular complexity index is 1270. The fourth-order valence-corrected chi connectivity index (χ4v) is 4.22. The number of carbonyl (C=O) groups is 2. The molecule has 0 aliphatic carbocycles. The van der Waals surface area contributed by atoms with E-state index in [1.165, 1.54) is 19.1 Å². The lowest BCUT2D eigenvalue weighted by atomic mass is 9.94. The smallest absolute Gasteiger partial charge is 0.300 e. The Morgan fingerprint density at radius 3 is 2.30 bits per heavy atom. The first-order chi connectivity index (χ1) is 15.8. The van der Waals surface area contributed by atoms with Gasteiger partial charge in [0, 0.05) is 11.3 Å². The van der Waals surface area contributed by atoms with E-state index in [1.807, 2.05) is 31.2 Å². The molecule has 1 amide bonds. The lowest BCUT2D eigenvalue weighted by Gasteiger charge is -2.26. The summed E-state index contributed by atoms with van der Waals surface area (Å²) >= 11 is 6.31. The molecule has 1 saturated heterocycles. The highest BCUT2D eigenvalue weighted by Gasteiger charge is 2.47. The van der Waals surface area contributed by atoms with Crippen LogP contribution in [0.15, 0.2) is 72.3 Å². The largest absolute Gasteiger partial charge is 0.507 e. The topological polar surface area (TPSA) is 76.1 Å². The number of nitrogens with zero attached hydrogens (tertiary/aromatic N) is 1. The van der Waals surface area contributed by atoms with Crippen LogP contribution in [0.25, 0.3) is 5.76 Å². The molecule has 6 nitrogen and oxygen atoms in total. The maximum Gasteiger partial charge on any atom is 0.300 e. The van der Waals surface area contributed by atoms with E-state index in [0.717, 1.165) is 5.56 Å². The maximum absolute atomic E-state index is 13.2. The number of ketones is 1. The van der Waals surface area contributed by atoms with Crippen molar-refractivity contribution in [2.75, 3.05) is 19.1 Å². The molecule has 7 heteroatoms. The summed E-state index contributed by atoms with van der Waals surface area (Å²) in [6.45, 7) is 1.92. The minimum Gasteiger partial charge on any atom is -0.507 e. The molecule has 0 spiro atoms. The Morgan fingerprint density at radius 2 is 1.70 bits per heavy atom. The Hall–Kier alpha value is -3.77. The molecule has 3 aromatic rings. The number of Topliss-reactive ketones (excluding diaryl/α,β-unsaturated/α-hetero) is 1. The van der Waals surface area contributed by atoms with Gasteiger partial charge in [-0.3, -0.25) is 14.5 Å².